The third-order valence-electron chi connectivity index (χ3n) is 7.85. The molecular weight excluding hydrogens is 498 g/mol. The summed E-state index contributed by atoms with van der Waals surface area (Å²) in [5.74, 6) is 0. The van der Waals surface area contributed by atoms with Crippen molar-refractivity contribution in [2.24, 2.45) is 0 Å². The highest BCUT2D eigenvalue weighted by molar-refractivity contribution is 5.78. The Balaban J connectivity index is 2.27. The number of benzene rings is 1. The number of nitrogens with zero attached hydrogens (tertiary/aromatic N) is 3. The molecule has 0 heterocycles. The number of para-hydroxylation sites is 1. The number of carbonyl (C=O) groups excluding carboxylic acids is 2. The lowest BCUT2D eigenvalue weighted by Crippen LogP contribution is -2.33. The average Bonchev–Trinajstić information content (AvgIpc) is 2.94. The molecule has 0 fully saturated rings. The Morgan fingerprint density at radius 2 is 1.30 bits per heavy atom. The van der Waals surface area contributed by atoms with Crippen LogP contribution in [0.1, 0.15) is 129 Å². The molecule has 0 bridgehead atoms. The van der Waals surface area contributed by atoms with E-state index in [4.69, 9.17) is 4.74 Å². The predicted octanol–water partition coefficient (Wildman–Crippen LogP) is 8.82. The van der Waals surface area contributed by atoms with Gasteiger partial charge < -0.3 is 19.4 Å². The van der Waals surface area contributed by atoms with Gasteiger partial charge in [0, 0.05) is 25.2 Å². The number of carbonyl (C=O) groups is 2. The Labute approximate surface area is 246 Å². The minimum atomic E-state index is -0.336. The third-order valence-corrected chi connectivity index (χ3v) is 7.85. The lowest BCUT2D eigenvalue weighted by Gasteiger charge is -2.27. The van der Waals surface area contributed by atoms with E-state index in [1.54, 1.807) is 16.8 Å². The van der Waals surface area contributed by atoms with Crippen molar-refractivity contribution in [2.75, 3.05) is 39.1 Å². The molecule has 0 aliphatic carbocycles. The first kappa shape index (κ1) is 35.9. The highest BCUT2D eigenvalue weighted by Gasteiger charge is 2.18. The minimum absolute atomic E-state index is 0.102. The van der Waals surface area contributed by atoms with Gasteiger partial charge >= 0.3 is 6.09 Å². The highest BCUT2D eigenvalue weighted by atomic mass is 16.6. The standard InChI is InChI=1S/C34H61N3O3/c1-6-7-8-9-10-11-12-13-14-15-16-17-18-19-20-24-31(2)37(30-38)33-26-22-21-25-32(33)29-40-34(39)36(5)28-23-27-35(3)4/h21-22,25-26,30-31H,6-20,23-24,27-29H2,1-5H3. The van der Waals surface area contributed by atoms with Crippen molar-refractivity contribution in [2.45, 2.75) is 136 Å². The van der Waals surface area contributed by atoms with E-state index in [1.165, 1.54) is 89.9 Å². The number of rotatable bonds is 25. The Kier molecular flexibility index (Phi) is 21.2. The fourth-order valence-corrected chi connectivity index (χ4v) is 5.20. The lowest BCUT2D eigenvalue weighted by atomic mass is 10.0. The Hall–Kier alpha value is -2.08. The van der Waals surface area contributed by atoms with Crippen LogP contribution in [0.5, 0.6) is 0 Å². The van der Waals surface area contributed by atoms with Gasteiger partial charge in [-0.15, -0.1) is 0 Å². The van der Waals surface area contributed by atoms with Crippen molar-refractivity contribution in [1.29, 1.82) is 0 Å². The Morgan fingerprint density at radius 1 is 0.775 bits per heavy atom. The fraction of sp³-hybridized carbons (Fsp3) is 0.765. The van der Waals surface area contributed by atoms with Gasteiger partial charge in [0.15, 0.2) is 0 Å². The molecule has 1 aromatic carbocycles. The maximum atomic E-state index is 12.5. The quantitative estimate of drug-likeness (QED) is 0.0887. The molecule has 0 radical (unpaired) electrons. The molecule has 0 N–H and O–H groups in total. The Morgan fingerprint density at radius 3 is 1.82 bits per heavy atom. The van der Waals surface area contributed by atoms with Crippen LogP contribution in [0.4, 0.5) is 10.5 Å². The van der Waals surface area contributed by atoms with Crippen LogP contribution in [-0.4, -0.2) is 62.6 Å². The first-order valence-electron chi connectivity index (χ1n) is 16.2. The molecule has 0 aliphatic heterocycles. The van der Waals surface area contributed by atoms with Gasteiger partial charge in [-0.05, 0) is 46.5 Å². The van der Waals surface area contributed by atoms with E-state index in [0.717, 1.165) is 43.5 Å². The summed E-state index contributed by atoms with van der Waals surface area (Å²) >= 11 is 0. The van der Waals surface area contributed by atoms with Gasteiger partial charge in [-0.2, -0.15) is 0 Å². The van der Waals surface area contributed by atoms with Gasteiger partial charge in [-0.25, -0.2) is 4.79 Å². The van der Waals surface area contributed by atoms with Gasteiger partial charge in [-0.3, -0.25) is 4.79 Å². The largest absolute Gasteiger partial charge is 0.444 e. The molecule has 0 aromatic heterocycles. The van der Waals surface area contributed by atoms with Crippen molar-refractivity contribution in [3.8, 4) is 0 Å². The van der Waals surface area contributed by atoms with Crippen LogP contribution in [0.2, 0.25) is 0 Å². The van der Waals surface area contributed by atoms with Crippen LogP contribution in [0, 0.1) is 0 Å². The van der Waals surface area contributed by atoms with Crippen LogP contribution in [0.3, 0.4) is 0 Å². The zero-order valence-electron chi connectivity index (χ0n) is 26.7. The third kappa shape index (κ3) is 16.9. The summed E-state index contributed by atoms with van der Waals surface area (Å²) in [4.78, 5) is 30.1. The maximum Gasteiger partial charge on any atom is 0.409 e. The summed E-state index contributed by atoms with van der Waals surface area (Å²) in [5, 5.41) is 0. The molecule has 1 unspecified atom stereocenters. The van der Waals surface area contributed by atoms with Gasteiger partial charge in [0.1, 0.15) is 6.61 Å². The first-order chi connectivity index (χ1) is 19.4. The molecule has 6 nitrogen and oxygen atoms in total. The molecule has 0 aliphatic rings. The molecule has 230 valence electrons. The molecule has 40 heavy (non-hydrogen) atoms. The molecule has 0 saturated carbocycles. The SMILES string of the molecule is CCCCCCCCCCCCCCCCCC(C)N(C=O)c1ccccc1COC(=O)N(C)CCCN(C)C. The summed E-state index contributed by atoms with van der Waals surface area (Å²) in [6, 6.07) is 7.85. The van der Waals surface area contributed by atoms with E-state index in [2.05, 4.69) is 18.7 Å². The molecule has 0 spiro atoms. The lowest BCUT2D eigenvalue weighted by molar-refractivity contribution is -0.107. The number of hydrogen-bond donors (Lipinski definition) is 0. The number of ether oxygens (including phenoxy) is 1. The van der Waals surface area contributed by atoms with Crippen LogP contribution in [0.25, 0.3) is 0 Å². The van der Waals surface area contributed by atoms with E-state index in [-0.39, 0.29) is 18.7 Å². The second-order valence-electron chi connectivity index (χ2n) is 11.9. The van der Waals surface area contributed by atoms with Crippen molar-refractivity contribution in [3.05, 3.63) is 29.8 Å². The van der Waals surface area contributed by atoms with Crippen LogP contribution in [0.15, 0.2) is 24.3 Å². The molecule has 6 heteroatoms. The van der Waals surface area contributed by atoms with Crippen LogP contribution < -0.4 is 4.90 Å². The summed E-state index contributed by atoms with van der Waals surface area (Å²) < 4.78 is 5.58. The van der Waals surface area contributed by atoms with Gasteiger partial charge in [0.05, 0.1) is 5.69 Å². The van der Waals surface area contributed by atoms with Crippen LogP contribution >= 0.6 is 0 Å². The van der Waals surface area contributed by atoms with Crippen LogP contribution in [-0.2, 0) is 16.1 Å². The minimum Gasteiger partial charge on any atom is -0.444 e. The van der Waals surface area contributed by atoms with E-state index >= 15 is 0 Å². The highest BCUT2D eigenvalue weighted by Crippen LogP contribution is 2.24. The summed E-state index contributed by atoms with van der Waals surface area (Å²) in [5.41, 5.74) is 1.68. The van der Waals surface area contributed by atoms with E-state index in [1.807, 2.05) is 38.4 Å². The molecule has 0 saturated heterocycles. The molecule has 2 amide bonds. The van der Waals surface area contributed by atoms with Gasteiger partial charge in [0.2, 0.25) is 6.41 Å². The predicted molar refractivity (Wildman–Crippen MR) is 170 cm³/mol. The summed E-state index contributed by atoms with van der Waals surface area (Å²) in [6.45, 7) is 6.12. The number of anilines is 1. The van der Waals surface area contributed by atoms with Crippen molar-refractivity contribution in [1.82, 2.24) is 9.80 Å². The van der Waals surface area contributed by atoms with Crippen molar-refractivity contribution in [3.63, 3.8) is 0 Å². The second-order valence-corrected chi connectivity index (χ2v) is 11.9. The summed E-state index contributed by atoms with van der Waals surface area (Å²) in [7, 11) is 5.81. The number of unbranched alkanes of at least 4 members (excludes halogenated alkanes) is 14. The first-order valence-corrected chi connectivity index (χ1v) is 16.2. The molecular formula is C34H61N3O3. The van der Waals surface area contributed by atoms with E-state index in [9.17, 15) is 9.59 Å². The fourth-order valence-electron chi connectivity index (χ4n) is 5.20. The Bertz CT molecular complexity index is 771. The van der Waals surface area contributed by atoms with Crippen molar-refractivity contribution < 1.29 is 14.3 Å². The van der Waals surface area contributed by atoms with Gasteiger partial charge in [-0.1, -0.05) is 121 Å². The van der Waals surface area contributed by atoms with Crippen molar-refractivity contribution >= 4 is 18.2 Å². The number of amides is 2. The normalized spacial score (nSPS) is 11.9. The smallest absolute Gasteiger partial charge is 0.409 e. The topological polar surface area (TPSA) is 53.1 Å². The average molecular weight is 560 g/mol. The molecule has 1 atom stereocenters. The summed E-state index contributed by atoms with van der Waals surface area (Å²) in [6.07, 6.45) is 22.7. The second kappa shape index (κ2) is 23.6. The zero-order chi connectivity index (χ0) is 29.4. The van der Waals surface area contributed by atoms with Gasteiger partial charge in [0.25, 0.3) is 0 Å². The van der Waals surface area contributed by atoms with E-state index < -0.39 is 0 Å². The zero-order valence-corrected chi connectivity index (χ0v) is 26.7. The van der Waals surface area contributed by atoms with E-state index in [0.29, 0.717) is 6.54 Å². The molecule has 1 aromatic rings. The number of hydrogen-bond acceptors (Lipinski definition) is 4. The maximum absolute atomic E-state index is 12.5. The molecule has 1 rings (SSSR count). The monoisotopic (exact) mass is 559 g/mol.